The molecule has 1 aromatic heterocycles. The van der Waals surface area contributed by atoms with Crippen molar-refractivity contribution in [3.8, 4) is 0 Å². The number of anilines is 1. The van der Waals surface area contributed by atoms with E-state index < -0.39 is 4.32 Å². The smallest absolute Gasteiger partial charge is 0.242 e. The average Bonchev–Trinajstić information content (AvgIpc) is 2.77. The molecule has 0 aliphatic heterocycles. The minimum Gasteiger partial charge on any atom is -0.301 e. The number of aromatic nitrogens is 1. The van der Waals surface area contributed by atoms with Crippen LogP contribution in [0, 0.1) is 0 Å². The fourth-order valence-electron chi connectivity index (χ4n) is 1.78. The number of nitrogens with one attached hydrogen (secondary N) is 1. The van der Waals surface area contributed by atoms with Crippen LogP contribution in [-0.2, 0) is 4.79 Å². The summed E-state index contributed by atoms with van der Waals surface area (Å²) in [6.07, 6.45) is 1.12. The Hall–Kier alpha value is -0.940. The third kappa shape index (κ3) is 3.38. The molecule has 0 bridgehead atoms. The molecule has 108 valence electrons. The number of amides is 1. The Balaban J connectivity index is 2.28. The highest BCUT2D eigenvalue weighted by Crippen LogP contribution is 2.30. The van der Waals surface area contributed by atoms with E-state index in [-0.39, 0.29) is 5.91 Å². The van der Waals surface area contributed by atoms with Gasteiger partial charge in [0.15, 0.2) is 5.13 Å². The van der Waals surface area contributed by atoms with E-state index in [0.29, 0.717) is 11.0 Å². The Morgan fingerprint density at radius 3 is 2.80 bits per heavy atom. The molecule has 1 N–H and O–H groups in total. The van der Waals surface area contributed by atoms with E-state index in [9.17, 15) is 4.79 Å². The van der Waals surface area contributed by atoms with E-state index in [1.807, 2.05) is 19.9 Å². The van der Waals surface area contributed by atoms with E-state index in [2.05, 4.69) is 52.2 Å². The largest absolute Gasteiger partial charge is 0.301 e. The quantitative estimate of drug-likeness (QED) is 0.791. The molecule has 1 amide bonds. The van der Waals surface area contributed by atoms with Gasteiger partial charge in [0.2, 0.25) is 5.91 Å². The molecule has 0 aliphatic carbocycles. The van der Waals surface area contributed by atoms with E-state index >= 15 is 0 Å². The summed E-state index contributed by atoms with van der Waals surface area (Å²) in [5, 5.41) is 3.51. The third-order valence-electron chi connectivity index (χ3n) is 3.35. The number of fused-ring (bicyclic) bond motifs is 1. The van der Waals surface area contributed by atoms with Gasteiger partial charge in [-0.3, -0.25) is 4.79 Å². The van der Waals surface area contributed by atoms with Crippen LogP contribution in [0.15, 0.2) is 18.2 Å². The van der Waals surface area contributed by atoms with E-state index in [4.69, 9.17) is 0 Å². The molecular weight excluding hydrogens is 336 g/mol. The molecular formula is C15H19BrN2OS. The zero-order valence-corrected chi connectivity index (χ0v) is 14.6. The van der Waals surface area contributed by atoms with Crippen molar-refractivity contribution >= 4 is 48.5 Å². The SMILES string of the molecule is CCC(C)c1ccc2nc(NC(=O)C(C)(C)Br)sc2c1. The number of hydrogen-bond acceptors (Lipinski definition) is 3. The van der Waals surface area contributed by atoms with Crippen molar-refractivity contribution < 1.29 is 4.79 Å². The zero-order chi connectivity index (χ0) is 14.9. The average molecular weight is 355 g/mol. The van der Waals surface area contributed by atoms with Gasteiger partial charge in [0.05, 0.1) is 14.5 Å². The van der Waals surface area contributed by atoms with E-state index in [1.165, 1.54) is 16.9 Å². The number of carbonyl (C=O) groups excluding carboxylic acids is 1. The normalized spacial score (nSPS) is 13.4. The van der Waals surface area contributed by atoms with Crippen LogP contribution in [0.4, 0.5) is 5.13 Å². The zero-order valence-electron chi connectivity index (χ0n) is 12.2. The van der Waals surface area contributed by atoms with Crippen molar-refractivity contribution in [2.45, 2.75) is 44.4 Å². The maximum Gasteiger partial charge on any atom is 0.242 e. The lowest BCUT2D eigenvalue weighted by atomic mass is 9.99. The molecule has 1 aromatic carbocycles. The summed E-state index contributed by atoms with van der Waals surface area (Å²) < 4.78 is 0.526. The van der Waals surface area contributed by atoms with Gasteiger partial charge in [-0.05, 0) is 43.9 Å². The van der Waals surface area contributed by atoms with Crippen molar-refractivity contribution in [2.24, 2.45) is 0 Å². The van der Waals surface area contributed by atoms with Crippen LogP contribution < -0.4 is 5.32 Å². The first kappa shape index (κ1) is 15.4. The molecule has 0 fully saturated rings. The van der Waals surface area contributed by atoms with Gasteiger partial charge in [-0.25, -0.2) is 4.98 Å². The number of thiazole rings is 1. The number of hydrogen-bond donors (Lipinski definition) is 1. The molecule has 0 aliphatic rings. The van der Waals surface area contributed by atoms with Crippen LogP contribution in [0.5, 0.6) is 0 Å². The van der Waals surface area contributed by atoms with Crippen LogP contribution in [0.25, 0.3) is 10.2 Å². The van der Waals surface area contributed by atoms with Gasteiger partial charge in [-0.15, -0.1) is 0 Å². The number of benzene rings is 1. The summed E-state index contributed by atoms with van der Waals surface area (Å²) in [6.45, 7) is 8.04. The fraction of sp³-hybridized carbons (Fsp3) is 0.467. The van der Waals surface area contributed by atoms with Crippen molar-refractivity contribution in [1.82, 2.24) is 4.98 Å². The molecule has 0 radical (unpaired) electrons. The maximum atomic E-state index is 11.9. The first-order chi connectivity index (χ1) is 9.31. The first-order valence-corrected chi connectivity index (χ1v) is 8.33. The maximum absolute atomic E-state index is 11.9. The number of rotatable bonds is 4. The summed E-state index contributed by atoms with van der Waals surface area (Å²) in [4.78, 5) is 16.4. The number of carbonyl (C=O) groups is 1. The molecule has 0 spiro atoms. The highest BCUT2D eigenvalue weighted by molar-refractivity contribution is 9.10. The van der Waals surface area contributed by atoms with Gasteiger partial charge in [0.25, 0.3) is 0 Å². The second kappa shape index (κ2) is 5.82. The summed E-state index contributed by atoms with van der Waals surface area (Å²) >= 11 is 4.87. The lowest BCUT2D eigenvalue weighted by molar-refractivity contribution is -0.117. The van der Waals surface area contributed by atoms with Crippen LogP contribution >= 0.6 is 27.3 Å². The molecule has 1 atom stereocenters. The minimum absolute atomic E-state index is 0.0845. The van der Waals surface area contributed by atoms with Crippen LogP contribution in [-0.4, -0.2) is 15.2 Å². The second-order valence-corrected chi connectivity index (χ2v) is 8.50. The summed E-state index contributed by atoms with van der Waals surface area (Å²) in [5.74, 6) is 0.458. The molecule has 1 unspecified atom stereocenters. The third-order valence-corrected chi connectivity index (χ3v) is 4.65. The predicted molar refractivity (Wildman–Crippen MR) is 90.0 cm³/mol. The molecule has 3 nitrogen and oxygen atoms in total. The molecule has 5 heteroatoms. The number of halogens is 1. The van der Waals surface area contributed by atoms with Gasteiger partial charge in [0.1, 0.15) is 0 Å². The lowest BCUT2D eigenvalue weighted by Gasteiger charge is -2.13. The summed E-state index contributed by atoms with van der Waals surface area (Å²) in [5.41, 5.74) is 2.26. The lowest BCUT2D eigenvalue weighted by Crippen LogP contribution is -2.30. The first-order valence-electron chi connectivity index (χ1n) is 6.72. The molecule has 1 heterocycles. The van der Waals surface area contributed by atoms with Gasteiger partial charge in [-0.1, -0.05) is 47.2 Å². The van der Waals surface area contributed by atoms with Gasteiger partial charge in [0, 0.05) is 0 Å². The highest BCUT2D eigenvalue weighted by atomic mass is 79.9. The van der Waals surface area contributed by atoms with E-state index in [1.54, 1.807) is 0 Å². The van der Waals surface area contributed by atoms with Crippen molar-refractivity contribution in [3.63, 3.8) is 0 Å². The van der Waals surface area contributed by atoms with Crippen molar-refractivity contribution in [1.29, 1.82) is 0 Å². The highest BCUT2D eigenvalue weighted by Gasteiger charge is 2.24. The Labute approximate surface area is 131 Å². The van der Waals surface area contributed by atoms with Crippen LogP contribution in [0.3, 0.4) is 0 Å². The van der Waals surface area contributed by atoms with Gasteiger partial charge in [-0.2, -0.15) is 0 Å². The Bertz CT molecular complexity index is 630. The monoisotopic (exact) mass is 354 g/mol. The fourth-order valence-corrected chi connectivity index (χ4v) is 2.79. The summed E-state index contributed by atoms with van der Waals surface area (Å²) in [7, 11) is 0. The Morgan fingerprint density at radius 2 is 2.20 bits per heavy atom. The summed E-state index contributed by atoms with van der Waals surface area (Å²) in [6, 6.07) is 6.33. The van der Waals surface area contributed by atoms with Crippen molar-refractivity contribution in [2.75, 3.05) is 5.32 Å². The minimum atomic E-state index is -0.591. The van der Waals surface area contributed by atoms with E-state index in [0.717, 1.165) is 16.6 Å². The number of alkyl halides is 1. The van der Waals surface area contributed by atoms with Crippen molar-refractivity contribution in [3.05, 3.63) is 23.8 Å². The molecule has 0 saturated heterocycles. The van der Waals surface area contributed by atoms with Crippen LogP contribution in [0.2, 0.25) is 0 Å². The van der Waals surface area contributed by atoms with Crippen LogP contribution in [0.1, 0.15) is 45.6 Å². The van der Waals surface area contributed by atoms with Gasteiger partial charge >= 0.3 is 0 Å². The molecule has 20 heavy (non-hydrogen) atoms. The molecule has 0 saturated carbocycles. The molecule has 2 rings (SSSR count). The predicted octanol–water partition coefficient (Wildman–Crippen LogP) is 4.92. The topological polar surface area (TPSA) is 42.0 Å². The van der Waals surface area contributed by atoms with Gasteiger partial charge < -0.3 is 5.32 Å². The molecule has 2 aromatic rings. The number of nitrogens with zero attached hydrogens (tertiary/aromatic N) is 1. The second-order valence-electron chi connectivity index (χ2n) is 5.48. The Kier molecular flexibility index (Phi) is 4.49. The standard InChI is InChI=1S/C15H19BrN2OS/c1-5-9(2)10-6-7-11-12(8-10)20-14(17-11)18-13(19)15(3,4)16/h6-9H,5H2,1-4H3,(H,17,18,19). The Morgan fingerprint density at radius 1 is 1.50 bits per heavy atom.